The number of unbranched alkanes of at least 4 members (excludes halogenated alkanes) is 1. The Labute approximate surface area is 143 Å². The van der Waals surface area contributed by atoms with E-state index in [-0.39, 0.29) is 18.3 Å². The van der Waals surface area contributed by atoms with Gasteiger partial charge in [0, 0.05) is 6.54 Å². The number of rotatable bonds is 7. The van der Waals surface area contributed by atoms with Crippen LogP contribution in [0.5, 0.6) is 5.75 Å². The number of carbonyl (C=O) groups is 1. The summed E-state index contributed by atoms with van der Waals surface area (Å²) < 4.78 is 17.7. The van der Waals surface area contributed by atoms with E-state index < -0.39 is 6.09 Å². The summed E-state index contributed by atoms with van der Waals surface area (Å²) in [4.78, 5) is 10.3. The highest BCUT2D eigenvalue weighted by Gasteiger charge is 2.51. The predicted octanol–water partition coefficient (Wildman–Crippen LogP) is 2.41. The van der Waals surface area contributed by atoms with Crippen LogP contribution in [0, 0.1) is 0 Å². The average Bonchev–Trinajstić information content (AvgIpc) is 2.71. The molecule has 1 aromatic carbocycles. The lowest BCUT2D eigenvalue weighted by Crippen LogP contribution is -2.41. The molecule has 1 heterocycles. The van der Waals surface area contributed by atoms with Crippen LogP contribution in [-0.4, -0.2) is 42.7 Å². The maximum Gasteiger partial charge on any atom is 0.494 e. The molecule has 0 unspecified atom stereocenters. The topological polar surface area (TPSA) is 77.0 Å². The van der Waals surface area contributed by atoms with Crippen LogP contribution >= 0.6 is 0 Å². The van der Waals surface area contributed by atoms with Gasteiger partial charge in [0.15, 0.2) is 0 Å². The standard InChI is InChI=1S/C17H26BNO5/c1-16(2)17(3,4)24-18(23-16)13-7-9-14(10-8-13)22-12-6-5-11-19-15(20)21/h7-10,19H,5-6,11-12H2,1-4H3,(H,20,21). The number of ether oxygens (including phenoxy) is 1. The van der Waals surface area contributed by atoms with Crippen LogP contribution in [0.4, 0.5) is 4.79 Å². The SMILES string of the molecule is CC1(C)OB(c2ccc(OCCCCNC(=O)O)cc2)OC1(C)C. The van der Waals surface area contributed by atoms with E-state index in [0.29, 0.717) is 13.2 Å². The molecule has 0 saturated carbocycles. The summed E-state index contributed by atoms with van der Waals surface area (Å²) in [7, 11) is -0.369. The highest BCUT2D eigenvalue weighted by molar-refractivity contribution is 6.62. The Hall–Kier alpha value is -1.73. The van der Waals surface area contributed by atoms with Crippen molar-refractivity contribution < 1.29 is 23.9 Å². The first kappa shape index (κ1) is 18.6. The zero-order valence-corrected chi connectivity index (χ0v) is 14.8. The largest absolute Gasteiger partial charge is 0.494 e. The second-order valence-electron chi connectivity index (χ2n) is 6.94. The van der Waals surface area contributed by atoms with Crippen LogP contribution in [0.25, 0.3) is 0 Å². The van der Waals surface area contributed by atoms with Gasteiger partial charge in [-0.15, -0.1) is 0 Å². The van der Waals surface area contributed by atoms with Crippen molar-refractivity contribution >= 4 is 18.7 Å². The molecule has 0 aromatic heterocycles. The molecular weight excluding hydrogens is 309 g/mol. The Balaban J connectivity index is 1.78. The molecule has 132 valence electrons. The van der Waals surface area contributed by atoms with Crippen LogP contribution in [0.2, 0.25) is 0 Å². The van der Waals surface area contributed by atoms with Crippen LogP contribution in [0.15, 0.2) is 24.3 Å². The first-order valence-corrected chi connectivity index (χ1v) is 8.26. The maximum absolute atomic E-state index is 10.3. The molecule has 6 nitrogen and oxygen atoms in total. The summed E-state index contributed by atoms with van der Waals surface area (Å²) in [5.74, 6) is 0.779. The van der Waals surface area contributed by atoms with E-state index in [0.717, 1.165) is 24.1 Å². The number of benzene rings is 1. The van der Waals surface area contributed by atoms with Crippen molar-refractivity contribution in [2.45, 2.75) is 51.7 Å². The molecular formula is C17H26BNO5. The zero-order chi connectivity index (χ0) is 17.8. The number of hydrogen-bond acceptors (Lipinski definition) is 4. The third-order valence-electron chi connectivity index (χ3n) is 4.52. The smallest absolute Gasteiger partial charge is 0.494 e. The first-order valence-electron chi connectivity index (χ1n) is 8.26. The van der Waals surface area contributed by atoms with E-state index in [1.165, 1.54) is 0 Å². The van der Waals surface area contributed by atoms with Gasteiger partial charge in [-0.2, -0.15) is 0 Å². The minimum Gasteiger partial charge on any atom is -0.494 e. The fraction of sp³-hybridized carbons (Fsp3) is 0.588. The van der Waals surface area contributed by atoms with Crippen LogP contribution in [-0.2, 0) is 9.31 Å². The fourth-order valence-electron chi connectivity index (χ4n) is 2.31. The lowest BCUT2D eigenvalue weighted by atomic mass is 9.79. The molecule has 24 heavy (non-hydrogen) atoms. The summed E-state index contributed by atoms with van der Waals surface area (Å²) in [6.45, 7) is 9.12. The normalized spacial score (nSPS) is 18.4. The third kappa shape index (κ3) is 4.64. The molecule has 2 rings (SSSR count). The van der Waals surface area contributed by atoms with Crippen molar-refractivity contribution in [3.8, 4) is 5.75 Å². The highest BCUT2D eigenvalue weighted by atomic mass is 16.7. The van der Waals surface area contributed by atoms with E-state index in [9.17, 15) is 4.79 Å². The number of carboxylic acid groups (broad SMARTS) is 1. The summed E-state index contributed by atoms with van der Waals surface area (Å²) in [6, 6.07) is 7.69. The van der Waals surface area contributed by atoms with Crippen LogP contribution in [0.1, 0.15) is 40.5 Å². The Morgan fingerprint density at radius 1 is 1.12 bits per heavy atom. The van der Waals surface area contributed by atoms with Gasteiger partial charge in [0.05, 0.1) is 17.8 Å². The summed E-state index contributed by atoms with van der Waals surface area (Å²) in [5, 5.41) is 10.8. The van der Waals surface area contributed by atoms with E-state index in [1.807, 2.05) is 52.0 Å². The van der Waals surface area contributed by atoms with Gasteiger partial charge >= 0.3 is 13.2 Å². The number of nitrogens with one attached hydrogen (secondary N) is 1. The van der Waals surface area contributed by atoms with Crippen molar-refractivity contribution in [2.75, 3.05) is 13.2 Å². The van der Waals surface area contributed by atoms with Gasteiger partial charge in [0.1, 0.15) is 5.75 Å². The highest BCUT2D eigenvalue weighted by Crippen LogP contribution is 2.36. The van der Waals surface area contributed by atoms with Crippen molar-refractivity contribution in [2.24, 2.45) is 0 Å². The molecule has 0 atom stereocenters. The molecule has 0 aliphatic carbocycles. The van der Waals surface area contributed by atoms with Gasteiger partial charge in [0.25, 0.3) is 0 Å². The molecule has 1 amide bonds. The Bertz CT molecular complexity index is 543. The van der Waals surface area contributed by atoms with Gasteiger partial charge in [-0.1, -0.05) is 12.1 Å². The quantitative estimate of drug-likeness (QED) is 0.591. The van der Waals surface area contributed by atoms with Gasteiger partial charge in [-0.05, 0) is 58.1 Å². The van der Waals surface area contributed by atoms with Gasteiger partial charge < -0.3 is 24.5 Å². The molecule has 1 aromatic rings. The van der Waals surface area contributed by atoms with Gasteiger partial charge in [-0.25, -0.2) is 4.79 Å². The molecule has 0 radical (unpaired) electrons. The zero-order valence-electron chi connectivity index (χ0n) is 14.8. The van der Waals surface area contributed by atoms with Gasteiger partial charge in [0.2, 0.25) is 0 Å². The summed E-state index contributed by atoms with van der Waals surface area (Å²) >= 11 is 0. The van der Waals surface area contributed by atoms with Crippen molar-refractivity contribution in [3.63, 3.8) is 0 Å². The maximum atomic E-state index is 10.3. The van der Waals surface area contributed by atoms with E-state index >= 15 is 0 Å². The monoisotopic (exact) mass is 335 g/mol. The van der Waals surface area contributed by atoms with E-state index in [4.69, 9.17) is 19.2 Å². The molecule has 1 aliphatic rings. The van der Waals surface area contributed by atoms with Gasteiger partial charge in [-0.3, -0.25) is 0 Å². The molecule has 2 N–H and O–H groups in total. The molecule has 1 saturated heterocycles. The van der Waals surface area contributed by atoms with Crippen LogP contribution in [0.3, 0.4) is 0 Å². The minimum absolute atomic E-state index is 0.350. The second-order valence-corrected chi connectivity index (χ2v) is 6.94. The summed E-state index contributed by atoms with van der Waals surface area (Å²) in [5.41, 5.74) is 0.264. The lowest BCUT2D eigenvalue weighted by Gasteiger charge is -2.32. The molecule has 0 spiro atoms. The Morgan fingerprint density at radius 3 is 2.25 bits per heavy atom. The van der Waals surface area contributed by atoms with E-state index in [1.54, 1.807) is 0 Å². The van der Waals surface area contributed by atoms with Crippen molar-refractivity contribution in [1.29, 1.82) is 0 Å². The Kier molecular flexibility index (Phi) is 5.77. The molecule has 7 heteroatoms. The number of amides is 1. The first-order chi connectivity index (χ1) is 11.2. The molecule has 1 fully saturated rings. The van der Waals surface area contributed by atoms with Crippen molar-refractivity contribution in [1.82, 2.24) is 5.32 Å². The lowest BCUT2D eigenvalue weighted by molar-refractivity contribution is 0.00578. The molecule has 1 aliphatic heterocycles. The average molecular weight is 335 g/mol. The third-order valence-corrected chi connectivity index (χ3v) is 4.52. The minimum atomic E-state index is -0.991. The fourth-order valence-corrected chi connectivity index (χ4v) is 2.31. The van der Waals surface area contributed by atoms with E-state index in [2.05, 4.69) is 5.32 Å². The van der Waals surface area contributed by atoms with Crippen LogP contribution < -0.4 is 15.5 Å². The molecule has 0 bridgehead atoms. The summed E-state index contributed by atoms with van der Waals surface area (Å²) in [6.07, 6.45) is 0.548. The second kappa shape index (κ2) is 7.44. The number of hydrogen-bond donors (Lipinski definition) is 2. The predicted molar refractivity (Wildman–Crippen MR) is 92.9 cm³/mol. The Morgan fingerprint density at radius 2 is 1.71 bits per heavy atom. The van der Waals surface area contributed by atoms with Crippen molar-refractivity contribution in [3.05, 3.63) is 24.3 Å².